The summed E-state index contributed by atoms with van der Waals surface area (Å²) < 4.78 is 37.9. The molecule has 0 saturated carbocycles. The minimum atomic E-state index is -3.28. The van der Waals surface area contributed by atoms with Crippen LogP contribution in [0, 0.1) is 0 Å². The van der Waals surface area contributed by atoms with Crippen LogP contribution in [0.2, 0.25) is 0 Å². The van der Waals surface area contributed by atoms with E-state index in [-0.39, 0.29) is 0 Å². The van der Waals surface area contributed by atoms with Crippen molar-refractivity contribution in [3.63, 3.8) is 0 Å². The lowest BCUT2D eigenvalue weighted by atomic mass is 10.5. The highest BCUT2D eigenvalue weighted by molar-refractivity contribution is 7.26. The highest BCUT2D eigenvalue weighted by atomic mass is 29.3. The first-order valence-electron chi connectivity index (χ1n) is 10.4. The van der Waals surface area contributed by atoms with Crippen LogP contribution in [0.25, 0.3) is 0 Å². The highest BCUT2D eigenvalue weighted by Gasteiger charge is 2.72. The van der Waals surface area contributed by atoms with Crippen molar-refractivity contribution in [1.29, 1.82) is 0 Å². The number of hydrogen-bond donors (Lipinski definition) is 0. The Balaban J connectivity index is 5.95. The van der Waals surface area contributed by atoms with Crippen LogP contribution in [0.4, 0.5) is 0 Å². The summed E-state index contributed by atoms with van der Waals surface area (Å²) in [4.78, 5) is 0. The lowest BCUT2D eigenvalue weighted by Gasteiger charge is -2.40. The van der Waals surface area contributed by atoms with Gasteiger partial charge in [0.15, 0.2) is 0 Å². The molecule has 0 aliphatic heterocycles. The van der Waals surface area contributed by atoms with Gasteiger partial charge in [-0.1, -0.05) is 41.5 Å². The Morgan fingerprint density at radius 1 is 0.346 bits per heavy atom. The van der Waals surface area contributed by atoms with Crippen molar-refractivity contribution in [3.05, 3.63) is 0 Å². The first-order chi connectivity index (χ1) is 12.6. The van der Waals surface area contributed by atoms with Crippen LogP contribution in [0.15, 0.2) is 0 Å². The molecule has 6 nitrogen and oxygen atoms in total. The Kier molecular flexibility index (Phi) is 16.3. The normalized spacial score (nSPS) is 12.7. The van der Waals surface area contributed by atoms with E-state index in [1.807, 2.05) is 0 Å². The van der Waals surface area contributed by atoms with Crippen LogP contribution < -0.4 is 0 Å². The maximum Gasteiger partial charge on any atom is 0.577 e. The summed E-state index contributed by atoms with van der Waals surface area (Å²) in [5.74, 6) is 0. The largest absolute Gasteiger partial charge is 0.577 e. The second-order valence-electron chi connectivity index (χ2n) is 6.20. The van der Waals surface area contributed by atoms with Crippen LogP contribution in [-0.4, -0.2) is 56.3 Å². The van der Waals surface area contributed by atoms with Gasteiger partial charge in [0.2, 0.25) is 0 Å². The van der Waals surface area contributed by atoms with E-state index in [1.54, 1.807) is 0 Å². The minimum Gasteiger partial charge on any atom is -0.371 e. The topological polar surface area (TPSA) is 55.4 Å². The summed E-state index contributed by atoms with van der Waals surface area (Å²) in [7, 11) is -6.56. The fourth-order valence-corrected chi connectivity index (χ4v) is 11.6. The average Bonchev–Trinajstić information content (AvgIpc) is 2.67. The van der Waals surface area contributed by atoms with Crippen molar-refractivity contribution in [2.75, 3.05) is 39.6 Å². The third kappa shape index (κ3) is 8.47. The molecular weight excluding hydrogens is 368 g/mol. The van der Waals surface area contributed by atoms with Gasteiger partial charge in [-0.2, -0.15) is 0 Å². The van der Waals surface area contributed by atoms with Gasteiger partial charge >= 0.3 is 16.6 Å². The Morgan fingerprint density at radius 2 is 0.500 bits per heavy atom. The van der Waals surface area contributed by atoms with E-state index in [9.17, 15) is 0 Å². The molecule has 0 fully saturated rings. The molecule has 0 heterocycles. The molecule has 0 spiro atoms. The lowest BCUT2D eigenvalue weighted by molar-refractivity contribution is 0.0116. The smallest absolute Gasteiger partial charge is 0.371 e. The fraction of sp³-hybridized carbons (Fsp3) is 1.00. The van der Waals surface area contributed by atoms with Crippen molar-refractivity contribution < 1.29 is 26.6 Å². The van der Waals surface area contributed by atoms with Gasteiger partial charge in [0.1, 0.15) is 0 Å². The predicted molar refractivity (Wildman–Crippen MR) is 109 cm³/mol. The standard InChI is InChI=1S/C18H42O6Si2/c1-7-13-19-25(20-14-8-2,21-15-9-3)26(22-16-10-4,23-17-11-5)24-18-12-6/h7-18H2,1-6H3. The first-order valence-corrected chi connectivity index (χ1v) is 14.9. The SMILES string of the molecule is CCCO[Si](OCCC)(OCCC)[Si](OCCC)(OCCC)OCCC. The van der Waals surface area contributed by atoms with E-state index in [1.165, 1.54) is 0 Å². The van der Waals surface area contributed by atoms with Gasteiger partial charge in [-0.15, -0.1) is 0 Å². The van der Waals surface area contributed by atoms with Crippen molar-refractivity contribution in [3.8, 4) is 0 Å². The fourth-order valence-electron chi connectivity index (χ4n) is 2.20. The zero-order valence-corrected chi connectivity index (χ0v) is 19.9. The molecule has 0 radical (unpaired) electrons. The number of rotatable bonds is 19. The maximum atomic E-state index is 6.32. The summed E-state index contributed by atoms with van der Waals surface area (Å²) in [6, 6.07) is 0. The molecule has 0 aromatic heterocycles. The van der Waals surface area contributed by atoms with Crippen LogP contribution in [0.5, 0.6) is 0 Å². The molecule has 8 heteroatoms. The second kappa shape index (κ2) is 16.2. The molecule has 0 saturated heterocycles. The lowest BCUT2D eigenvalue weighted by Crippen LogP contribution is -2.74. The third-order valence-electron chi connectivity index (χ3n) is 3.35. The van der Waals surface area contributed by atoms with Crippen molar-refractivity contribution >= 4 is 16.6 Å². The molecule has 158 valence electrons. The molecule has 26 heavy (non-hydrogen) atoms. The summed E-state index contributed by atoms with van der Waals surface area (Å²) in [6.45, 7) is 15.8. The Labute approximate surface area is 163 Å². The zero-order valence-electron chi connectivity index (χ0n) is 17.9. The number of hydrogen-bond acceptors (Lipinski definition) is 6. The molecular formula is C18H42O6Si2. The van der Waals surface area contributed by atoms with E-state index in [0.717, 1.165) is 38.5 Å². The van der Waals surface area contributed by atoms with E-state index < -0.39 is 16.6 Å². The highest BCUT2D eigenvalue weighted by Crippen LogP contribution is 2.29. The molecule has 0 aromatic carbocycles. The summed E-state index contributed by atoms with van der Waals surface area (Å²) in [5, 5.41) is 0. The van der Waals surface area contributed by atoms with Gasteiger partial charge in [-0.3, -0.25) is 0 Å². The molecule has 0 unspecified atom stereocenters. The molecule has 0 aromatic rings. The minimum absolute atomic E-state index is 0.550. The molecule has 0 N–H and O–H groups in total. The quantitative estimate of drug-likeness (QED) is 0.292. The van der Waals surface area contributed by atoms with Crippen molar-refractivity contribution in [2.24, 2.45) is 0 Å². The van der Waals surface area contributed by atoms with E-state index in [0.29, 0.717) is 39.6 Å². The summed E-state index contributed by atoms with van der Waals surface area (Å²) in [5.41, 5.74) is 0. The second-order valence-corrected chi connectivity index (χ2v) is 13.8. The predicted octanol–water partition coefficient (Wildman–Crippen LogP) is 4.50. The van der Waals surface area contributed by atoms with Gasteiger partial charge in [0, 0.05) is 39.6 Å². The molecule has 0 aliphatic rings. The van der Waals surface area contributed by atoms with Gasteiger partial charge in [0.05, 0.1) is 0 Å². The van der Waals surface area contributed by atoms with E-state index >= 15 is 0 Å². The van der Waals surface area contributed by atoms with Crippen LogP contribution in [-0.2, 0) is 26.6 Å². The zero-order chi connectivity index (χ0) is 19.7. The van der Waals surface area contributed by atoms with Gasteiger partial charge < -0.3 is 26.6 Å². The van der Waals surface area contributed by atoms with Crippen LogP contribution >= 0.6 is 0 Å². The molecule has 0 aliphatic carbocycles. The van der Waals surface area contributed by atoms with Gasteiger partial charge in [-0.05, 0) is 38.5 Å². The van der Waals surface area contributed by atoms with Crippen LogP contribution in [0.1, 0.15) is 80.1 Å². The Bertz CT molecular complexity index is 247. The Hall–Kier alpha value is 0.194. The summed E-state index contributed by atoms with van der Waals surface area (Å²) in [6.07, 6.45) is 5.25. The van der Waals surface area contributed by atoms with Crippen molar-refractivity contribution in [2.45, 2.75) is 80.1 Å². The van der Waals surface area contributed by atoms with Crippen LogP contribution in [0.3, 0.4) is 0 Å². The maximum absolute atomic E-state index is 6.32. The van der Waals surface area contributed by atoms with E-state index in [2.05, 4.69) is 41.5 Å². The van der Waals surface area contributed by atoms with E-state index in [4.69, 9.17) is 26.6 Å². The molecule has 0 bridgehead atoms. The molecule has 0 atom stereocenters. The molecule has 0 amide bonds. The van der Waals surface area contributed by atoms with Gasteiger partial charge in [-0.25, -0.2) is 0 Å². The first kappa shape index (κ1) is 26.2. The third-order valence-corrected chi connectivity index (χ3v) is 12.5. The summed E-state index contributed by atoms with van der Waals surface area (Å²) >= 11 is 0. The monoisotopic (exact) mass is 410 g/mol. The van der Waals surface area contributed by atoms with Crippen molar-refractivity contribution in [1.82, 2.24) is 0 Å². The van der Waals surface area contributed by atoms with Gasteiger partial charge in [0.25, 0.3) is 0 Å². The Morgan fingerprint density at radius 3 is 0.615 bits per heavy atom. The average molecular weight is 411 g/mol. The molecule has 0 rings (SSSR count).